The van der Waals surface area contributed by atoms with Gasteiger partial charge in [0.1, 0.15) is 0 Å². The minimum absolute atomic E-state index is 0.119. The van der Waals surface area contributed by atoms with Crippen molar-refractivity contribution < 1.29 is 4.79 Å². The van der Waals surface area contributed by atoms with Crippen LogP contribution < -0.4 is 10.6 Å². The fraction of sp³-hybridized carbons (Fsp3) is 0.500. The molecule has 0 atom stereocenters. The van der Waals surface area contributed by atoms with Crippen molar-refractivity contribution in [3.05, 3.63) is 11.4 Å². The first-order valence-corrected chi connectivity index (χ1v) is 4.26. The van der Waals surface area contributed by atoms with E-state index >= 15 is 0 Å². The van der Waals surface area contributed by atoms with E-state index in [-0.39, 0.29) is 12.5 Å². The van der Waals surface area contributed by atoms with Crippen molar-refractivity contribution in [2.75, 3.05) is 18.9 Å². The molecule has 1 aromatic rings. The Labute approximate surface area is 82.1 Å². The Balaban J connectivity index is 2.60. The van der Waals surface area contributed by atoms with Gasteiger partial charge in [0.2, 0.25) is 11.9 Å². The van der Waals surface area contributed by atoms with Crippen molar-refractivity contribution >= 4 is 11.9 Å². The lowest BCUT2D eigenvalue weighted by Crippen LogP contribution is -2.27. The van der Waals surface area contributed by atoms with E-state index in [1.54, 1.807) is 7.05 Å². The van der Waals surface area contributed by atoms with E-state index in [1.165, 1.54) is 0 Å². The Morgan fingerprint density at radius 2 is 2.00 bits per heavy atom. The second kappa shape index (κ2) is 4.50. The van der Waals surface area contributed by atoms with Crippen LogP contribution >= 0.6 is 0 Å². The number of carbonyl (C=O) groups is 1. The number of nitrogens with one attached hydrogen (secondary N) is 2. The number of likely N-dealkylation sites (N-methyl/N-ethyl adjacent to an activating group) is 1. The molecule has 2 N–H and O–H groups in total. The Morgan fingerprint density at radius 1 is 1.29 bits per heavy atom. The average Bonchev–Trinajstić information content (AvgIpc) is 2.19. The molecule has 14 heavy (non-hydrogen) atoms. The third-order valence-corrected chi connectivity index (χ3v) is 1.78. The number of aryl methyl sites for hydroxylation is 2. The van der Waals surface area contributed by atoms with Gasteiger partial charge in [0, 0.05) is 7.05 Å². The van der Waals surface area contributed by atoms with E-state index in [2.05, 4.69) is 25.8 Å². The quantitative estimate of drug-likeness (QED) is 0.689. The summed E-state index contributed by atoms with van der Waals surface area (Å²) in [7, 11) is 1.57. The summed E-state index contributed by atoms with van der Waals surface area (Å²) in [6.07, 6.45) is 0. The zero-order valence-electron chi connectivity index (χ0n) is 8.46. The van der Waals surface area contributed by atoms with Gasteiger partial charge in [0.15, 0.2) is 0 Å². The highest BCUT2D eigenvalue weighted by molar-refractivity contribution is 5.79. The monoisotopic (exact) mass is 195 g/mol. The molecule has 0 saturated heterocycles. The van der Waals surface area contributed by atoms with Crippen LogP contribution in [0.3, 0.4) is 0 Å². The molecule has 0 radical (unpaired) electrons. The normalized spacial score (nSPS) is 9.64. The molecule has 0 saturated carbocycles. The van der Waals surface area contributed by atoms with Gasteiger partial charge in [-0.1, -0.05) is 0 Å². The van der Waals surface area contributed by atoms with E-state index in [9.17, 15) is 4.79 Å². The van der Waals surface area contributed by atoms with Gasteiger partial charge in [-0.15, -0.1) is 5.10 Å². The lowest BCUT2D eigenvalue weighted by Gasteiger charge is -2.04. The maximum atomic E-state index is 10.9. The van der Waals surface area contributed by atoms with E-state index in [0.717, 1.165) is 11.4 Å². The van der Waals surface area contributed by atoms with E-state index in [1.807, 2.05) is 13.8 Å². The first kappa shape index (κ1) is 10.4. The van der Waals surface area contributed by atoms with E-state index in [4.69, 9.17) is 0 Å². The first-order valence-electron chi connectivity index (χ1n) is 4.26. The minimum Gasteiger partial charge on any atom is -0.358 e. The summed E-state index contributed by atoms with van der Waals surface area (Å²) >= 11 is 0. The second-order valence-corrected chi connectivity index (χ2v) is 2.83. The molecule has 1 aromatic heterocycles. The number of carbonyl (C=O) groups excluding carboxylic acids is 1. The van der Waals surface area contributed by atoms with Gasteiger partial charge in [0.05, 0.1) is 17.9 Å². The summed E-state index contributed by atoms with van der Waals surface area (Å²) in [6, 6.07) is 0. The van der Waals surface area contributed by atoms with Crippen LogP contribution in [0, 0.1) is 13.8 Å². The van der Waals surface area contributed by atoms with Gasteiger partial charge < -0.3 is 10.6 Å². The van der Waals surface area contributed by atoms with Crippen LogP contribution in [0.15, 0.2) is 0 Å². The van der Waals surface area contributed by atoms with Crippen molar-refractivity contribution in [2.45, 2.75) is 13.8 Å². The number of hydrogen-bond acceptors (Lipinski definition) is 5. The average molecular weight is 195 g/mol. The fourth-order valence-electron chi connectivity index (χ4n) is 0.779. The maximum absolute atomic E-state index is 10.9. The van der Waals surface area contributed by atoms with Crippen molar-refractivity contribution in [2.24, 2.45) is 0 Å². The Morgan fingerprint density at radius 3 is 2.57 bits per heavy atom. The number of hydrogen-bond donors (Lipinski definition) is 2. The first-order chi connectivity index (χ1) is 6.63. The number of amides is 1. The topological polar surface area (TPSA) is 79.8 Å². The smallest absolute Gasteiger partial charge is 0.243 e. The lowest BCUT2D eigenvalue weighted by molar-refractivity contribution is -0.118. The van der Waals surface area contributed by atoms with Gasteiger partial charge >= 0.3 is 0 Å². The van der Waals surface area contributed by atoms with Crippen molar-refractivity contribution in [3.8, 4) is 0 Å². The molecular weight excluding hydrogens is 182 g/mol. The zero-order chi connectivity index (χ0) is 10.6. The van der Waals surface area contributed by atoms with E-state index < -0.39 is 0 Å². The molecule has 0 aromatic carbocycles. The van der Waals surface area contributed by atoms with Gasteiger partial charge in [0.25, 0.3) is 0 Å². The van der Waals surface area contributed by atoms with Gasteiger partial charge in [-0.3, -0.25) is 4.79 Å². The predicted octanol–water partition coefficient (Wildman–Crippen LogP) is -0.354. The summed E-state index contributed by atoms with van der Waals surface area (Å²) in [5.41, 5.74) is 1.59. The third-order valence-electron chi connectivity index (χ3n) is 1.78. The molecule has 0 bridgehead atoms. The number of nitrogens with zero attached hydrogens (tertiary/aromatic N) is 3. The summed E-state index contributed by atoms with van der Waals surface area (Å²) < 4.78 is 0. The van der Waals surface area contributed by atoms with Gasteiger partial charge in [-0.25, -0.2) is 4.98 Å². The van der Waals surface area contributed by atoms with Crippen molar-refractivity contribution in [3.63, 3.8) is 0 Å². The molecule has 1 amide bonds. The summed E-state index contributed by atoms with van der Waals surface area (Å²) in [6.45, 7) is 3.83. The molecule has 76 valence electrons. The molecule has 0 aliphatic heterocycles. The highest BCUT2D eigenvalue weighted by Gasteiger charge is 2.02. The minimum atomic E-state index is -0.119. The predicted molar refractivity (Wildman–Crippen MR) is 51.9 cm³/mol. The van der Waals surface area contributed by atoms with Gasteiger partial charge in [-0.2, -0.15) is 5.10 Å². The Hall–Kier alpha value is -1.72. The Bertz CT molecular complexity index is 339. The van der Waals surface area contributed by atoms with Gasteiger partial charge in [-0.05, 0) is 13.8 Å². The molecule has 0 aliphatic rings. The zero-order valence-corrected chi connectivity index (χ0v) is 8.46. The van der Waals surface area contributed by atoms with Crippen molar-refractivity contribution in [1.82, 2.24) is 20.5 Å². The lowest BCUT2D eigenvalue weighted by atomic mass is 10.4. The number of rotatable bonds is 3. The van der Waals surface area contributed by atoms with Crippen LogP contribution in [0.5, 0.6) is 0 Å². The molecule has 6 nitrogen and oxygen atoms in total. The molecule has 0 aliphatic carbocycles. The number of anilines is 1. The standard InChI is InChI=1S/C8H13N5O/c1-5-6(2)12-13-8(11-5)10-4-7(14)9-3/h4H2,1-3H3,(H,9,14)(H,10,11,13). The van der Waals surface area contributed by atoms with Crippen LogP contribution in [0.25, 0.3) is 0 Å². The second-order valence-electron chi connectivity index (χ2n) is 2.83. The molecule has 6 heteroatoms. The summed E-state index contributed by atoms with van der Waals surface area (Å²) in [5, 5.41) is 12.9. The fourth-order valence-corrected chi connectivity index (χ4v) is 0.779. The van der Waals surface area contributed by atoms with Crippen LogP contribution in [0.4, 0.5) is 5.95 Å². The van der Waals surface area contributed by atoms with Crippen LogP contribution in [-0.4, -0.2) is 34.7 Å². The third kappa shape index (κ3) is 2.65. The Kier molecular flexibility index (Phi) is 3.33. The molecule has 0 fully saturated rings. The number of aromatic nitrogens is 3. The van der Waals surface area contributed by atoms with Crippen LogP contribution in [0.1, 0.15) is 11.4 Å². The highest BCUT2D eigenvalue weighted by Crippen LogP contribution is 2.00. The molecular formula is C8H13N5O. The molecule has 0 unspecified atom stereocenters. The highest BCUT2D eigenvalue weighted by atomic mass is 16.1. The van der Waals surface area contributed by atoms with Crippen LogP contribution in [0.2, 0.25) is 0 Å². The molecule has 0 spiro atoms. The summed E-state index contributed by atoms with van der Waals surface area (Å²) in [5.74, 6) is 0.253. The van der Waals surface area contributed by atoms with Crippen molar-refractivity contribution in [1.29, 1.82) is 0 Å². The van der Waals surface area contributed by atoms with E-state index in [0.29, 0.717) is 5.95 Å². The maximum Gasteiger partial charge on any atom is 0.243 e. The largest absolute Gasteiger partial charge is 0.358 e. The SMILES string of the molecule is CNC(=O)CNc1nnc(C)c(C)n1. The molecule has 1 rings (SSSR count). The van der Waals surface area contributed by atoms with Crippen LogP contribution in [-0.2, 0) is 4.79 Å². The summed E-state index contributed by atoms with van der Waals surface area (Å²) in [4.78, 5) is 15.0. The molecule has 1 heterocycles.